The number of fused-ring (bicyclic) bond motifs is 1. The molecule has 1 amide bonds. The molecule has 10 heteroatoms. The first-order valence-corrected chi connectivity index (χ1v) is 11.4. The molecule has 1 N–H and O–H groups in total. The first-order valence-electron chi connectivity index (χ1n) is 10.6. The second kappa shape index (κ2) is 11.2. The number of carbonyl (C=O) groups is 2. The average molecular weight is 491 g/mol. The van der Waals surface area contributed by atoms with Crippen molar-refractivity contribution in [1.29, 1.82) is 0 Å². The van der Waals surface area contributed by atoms with Gasteiger partial charge in [-0.15, -0.1) is 0 Å². The number of aromatic nitrogens is 3. The summed E-state index contributed by atoms with van der Waals surface area (Å²) < 4.78 is 6.46. The maximum atomic E-state index is 12.8. The van der Waals surface area contributed by atoms with Gasteiger partial charge in [-0.05, 0) is 25.0 Å². The van der Waals surface area contributed by atoms with Crippen LogP contribution in [0.2, 0.25) is 10.0 Å². The molecule has 2 heterocycles. The molecule has 2 aromatic heterocycles. The zero-order chi connectivity index (χ0) is 24.0. The van der Waals surface area contributed by atoms with E-state index in [1.165, 1.54) is 10.9 Å². The van der Waals surface area contributed by atoms with Crippen LogP contribution in [0.3, 0.4) is 0 Å². The topological polar surface area (TPSA) is 103 Å². The van der Waals surface area contributed by atoms with Crippen LogP contribution in [0, 0.1) is 6.92 Å². The van der Waals surface area contributed by atoms with Crippen molar-refractivity contribution in [3.05, 3.63) is 62.1 Å². The number of halogens is 2. The summed E-state index contributed by atoms with van der Waals surface area (Å²) in [7, 11) is 0. The van der Waals surface area contributed by atoms with Gasteiger partial charge in [0.05, 0.1) is 15.4 Å². The minimum atomic E-state index is -0.810. The number of amides is 1. The number of hydrogen-bond acceptors (Lipinski definition) is 6. The van der Waals surface area contributed by atoms with E-state index in [0.717, 1.165) is 25.7 Å². The molecule has 1 aromatic carbocycles. The lowest BCUT2D eigenvalue weighted by molar-refractivity contribution is -0.119. The van der Waals surface area contributed by atoms with E-state index >= 15 is 0 Å². The average Bonchev–Trinajstić information content (AvgIpc) is 2.82. The fourth-order valence-corrected chi connectivity index (χ4v) is 3.63. The molecular formula is C23H24Cl2N4O4. The third-order valence-corrected chi connectivity index (χ3v) is 5.92. The highest BCUT2D eigenvalue weighted by Crippen LogP contribution is 2.28. The third-order valence-electron chi connectivity index (χ3n) is 5.08. The molecule has 0 aliphatic heterocycles. The molecule has 174 valence electrons. The summed E-state index contributed by atoms with van der Waals surface area (Å²) in [5, 5.41) is 8.04. The van der Waals surface area contributed by atoms with Crippen LogP contribution in [0.25, 0.3) is 10.8 Å². The molecule has 3 rings (SSSR count). The Morgan fingerprint density at radius 1 is 1.12 bits per heavy atom. The highest BCUT2D eigenvalue weighted by molar-refractivity contribution is 6.37. The molecule has 33 heavy (non-hydrogen) atoms. The predicted octanol–water partition coefficient (Wildman–Crippen LogP) is 4.78. The number of anilines is 1. The van der Waals surface area contributed by atoms with Crippen molar-refractivity contribution in [2.24, 2.45) is 0 Å². The van der Waals surface area contributed by atoms with Crippen molar-refractivity contribution >= 4 is 51.7 Å². The second-order valence-electron chi connectivity index (χ2n) is 7.50. The van der Waals surface area contributed by atoms with Crippen molar-refractivity contribution in [2.45, 2.75) is 46.1 Å². The van der Waals surface area contributed by atoms with Gasteiger partial charge in [0, 0.05) is 18.1 Å². The Morgan fingerprint density at radius 3 is 2.58 bits per heavy atom. The van der Waals surface area contributed by atoms with Crippen LogP contribution in [-0.2, 0) is 16.1 Å². The van der Waals surface area contributed by atoms with Crippen LogP contribution in [0.4, 0.5) is 5.82 Å². The van der Waals surface area contributed by atoms with E-state index in [1.54, 1.807) is 31.2 Å². The maximum absolute atomic E-state index is 12.8. The fourth-order valence-electron chi connectivity index (χ4n) is 3.24. The minimum absolute atomic E-state index is 0.0213. The molecule has 8 nitrogen and oxygen atoms in total. The van der Waals surface area contributed by atoms with Crippen molar-refractivity contribution in [3.8, 4) is 0 Å². The van der Waals surface area contributed by atoms with E-state index < -0.39 is 18.5 Å². The van der Waals surface area contributed by atoms with Gasteiger partial charge in [0.15, 0.2) is 18.1 Å². The summed E-state index contributed by atoms with van der Waals surface area (Å²) >= 11 is 12.1. The number of ether oxygens (including phenoxy) is 1. The Morgan fingerprint density at radius 2 is 1.85 bits per heavy atom. The zero-order valence-electron chi connectivity index (χ0n) is 18.4. The molecule has 3 aromatic rings. The fraction of sp³-hybridized carbons (Fsp3) is 0.348. The summed E-state index contributed by atoms with van der Waals surface area (Å²) in [6.07, 6.45) is 5.21. The van der Waals surface area contributed by atoms with Gasteiger partial charge in [-0.25, -0.2) is 14.5 Å². The molecule has 0 aliphatic rings. The molecule has 0 aliphatic carbocycles. The van der Waals surface area contributed by atoms with Crippen LogP contribution in [0.1, 0.15) is 48.7 Å². The Labute approximate surface area is 200 Å². The number of aryl methyl sites for hydroxylation is 1. The summed E-state index contributed by atoms with van der Waals surface area (Å²) in [6, 6.07) is 6.69. The number of benzene rings is 1. The molecule has 0 spiro atoms. The number of rotatable bonds is 9. The normalized spacial score (nSPS) is 10.9. The lowest BCUT2D eigenvalue weighted by atomic mass is 10.1. The van der Waals surface area contributed by atoms with Gasteiger partial charge in [-0.2, -0.15) is 5.10 Å². The molecule has 0 radical (unpaired) electrons. The number of hydrogen-bond donors (Lipinski definition) is 1. The Hall–Kier alpha value is -2.97. The van der Waals surface area contributed by atoms with Crippen LogP contribution in [-0.4, -0.2) is 33.2 Å². The summed E-state index contributed by atoms with van der Waals surface area (Å²) in [5.74, 6) is -1.32. The highest BCUT2D eigenvalue weighted by Gasteiger charge is 2.20. The largest absolute Gasteiger partial charge is 0.451 e. The van der Waals surface area contributed by atoms with Crippen LogP contribution in [0.15, 0.2) is 35.3 Å². The quantitative estimate of drug-likeness (QED) is 0.341. The Balaban J connectivity index is 1.76. The van der Waals surface area contributed by atoms with Gasteiger partial charge < -0.3 is 10.1 Å². The van der Waals surface area contributed by atoms with E-state index in [-0.39, 0.29) is 22.1 Å². The van der Waals surface area contributed by atoms with Gasteiger partial charge in [-0.3, -0.25) is 9.59 Å². The van der Waals surface area contributed by atoms with Crippen molar-refractivity contribution in [1.82, 2.24) is 14.8 Å². The SMILES string of the molecule is CCCCCCn1nc(C(=O)OCC(=O)Nc2ncc(Cl)c(C)c2Cl)c2ccccc2c1=O. The molecule has 0 fully saturated rings. The first-order chi connectivity index (χ1) is 15.8. The Bertz CT molecular complexity index is 1240. The lowest BCUT2D eigenvalue weighted by Crippen LogP contribution is -2.28. The second-order valence-corrected chi connectivity index (χ2v) is 8.29. The van der Waals surface area contributed by atoms with E-state index in [2.05, 4.69) is 22.3 Å². The number of unbranched alkanes of at least 4 members (excludes halogenated alkanes) is 3. The predicted molar refractivity (Wildman–Crippen MR) is 128 cm³/mol. The zero-order valence-corrected chi connectivity index (χ0v) is 19.9. The lowest BCUT2D eigenvalue weighted by Gasteiger charge is -2.11. The number of nitrogens with one attached hydrogen (secondary N) is 1. The molecule has 0 unspecified atom stereocenters. The van der Waals surface area contributed by atoms with Crippen molar-refractivity contribution in [2.75, 3.05) is 11.9 Å². The number of pyridine rings is 1. The monoisotopic (exact) mass is 490 g/mol. The van der Waals surface area contributed by atoms with E-state index in [1.807, 2.05) is 0 Å². The van der Waals surface area contributed by atoms with E-state index in [9.17, 15) is 14.4 Å². The Kier molecular flexibility index (Phi) is 8.41. The molecule has 0 saturated carbocycles. The van der Waals surface area contributed by atoms with Gasteiger partial charge in [0.25, 0.3) is 11.5 Å². The van der Waals surface area contributed by atoms with Crippen LogP contribution >= 0.6 is 23.2 Å². The van der Waals surface area contributed by atoms with Crippen LogP contribution < -0.4 is 10.9 Å². The smallest absolute Gasteiger partial charge is 0.359 e. The van der Waals surface area contributed by atoms with Gasteiger partial charge >= 0.3 is 5.97 Å². The number of carbonyl (C=O) groups excluding carboxylic acids is 2. The van der Waals surface area contributed by atoms with Crippen LogP contribution in [0.5, 0.6) is 0 Å². The first kappa shape index (κ1) is 24.7. The summed E-state index contributed by atoms with van der Waals surface area (Å²) in [4.78, 5) is 41.8. The molecule has 0 atom stereocenters. The number of nitrogens with zero attached hydrogens (tertiary/aromatic N) is 3. The van der Waals surface area contributed by atoms with Crippen molar-refractivity contribution in [3.63, 3.8) is 0 Å². The third kappa shape index (κ3) is 5.89. The van der Waals surface area contributed by atoms with Gasteiger partial charge in [0.2, 0.25) is 0 Å². The van der Waals surface area contributed by atoms with Gasteiger partial charge in [-0.1, -0.05) is 67.6 Å². The van der Waals surface area contributed by atoms with Gasteiger partial charge in [0.1, 0.15) is 0 Å². The molecular weight excluding hydrogens is 467 g/mol. The standard InChI is InChI=1S/C23H24Cl2N4O4/c1-3-4-5-8-11-29-22(31)16-10-7-6-9-15(16)20(28-29)23(32)33-13-18(30)27-21-19(25)14(2)17(24)12-26-21/h6-7,9-10,12H,3-5,8,11,13H2,1-2H3,(H,26,27,30). The van der Waals surface area contributed by atoms with Crippen molar-refractivity contribution < 1.29 is 14.3 Å². The summed E-state index contributed by atoms with van der Waals surface area (Å²) in [5.41, 5.74) is 0.277. The van der Waals surface area contributed by atoms with E-state index in [4.69, 9.17) is 27.9 Å². The molecule has 0 bridgehead atoms. The maximum Gasteiger partial charge on any atom is 0.359 e. The molecule has 0 saturated heterocycles. The number of esters is 1. The minimum Gasteiger partial charge on any atom is -0.451 e. The summed E-state index contributed by atoms with van der Waals surface area (Å²) in [6.45, 7) is 3.60. The van der Waals surface area contributed by atoms with E-state index in [0.29, 0.717) is 27.9 Å². The highest BCUT2D eigenvalue weighted by atomic mass is 35.5.